The van der Waals surface area contributed by atoms with Gasteiger partial charge in [-0.1, -0.05) is 0 Å². The minimum absolute atomic E-state index is 0.566. The van der Waals surface area contributed by atoms with Gasteiger partial charge in [-0.2, -0.15) is 0 Å². The molecule has 0 aliphatic carbocycles. The van der Waals surface area contributed by atoms with Crippen LogP contribution in [0.15, 0.2) is 18.2 Å². The largest absolute Gasteiger partial charge is 0.497 e. The van der Waals surface area contributed by atoms with E-state index in [1.165, 1.54) is 0 Å². The zero-order valence-corrected chi connectivity index (χ0v) is 13.8. The molecule has 0 aliphatic heterocycles. The highest BCUT2D eigenvalue weighted by Crippen LogP contribution is 2.29. The standard InChI is InChI=1S/C16H28N2O3/c1-17(2)9-6-10-18(3)12-15(19)14-11-13(20-4)7-8-16(14)21-5/h7-8,11,15,19H,6,9-10,12H2,1-5H3. The van der Waals surface area contributed by atoms with Crippen LogP contribution in [-0.4, -0.2) is 69.9 Å². The van der Waals surface area contributed by atoms with Crippen molar-refractivity contribution in [3.63, 3.8) is 0 Å². The molecule has 5 heteroatoms. The lowest BCUT2D eigenvalue weighted by Gasteiger charge is -2.23. The van der Waals surface area contributed by atoms with Gasteiger partial charge >= 0.3 is 0 Å². The minimum Gasteiger partial charge on any atom is -0.497 e. The Labute approximate surface area is 128 Å². The van der Waals surface area contributed by atoms with E-state index in [0.29, 0.717) is 12.3 Å². The first-order valence-electron chi connectivity index (χ1n) is 7.21. The van der Waals surface area contributed by atoms with E-state index >= 15 is 0 Å². The fraction of sp³-hybridized carbons (Fsp3) is 0.625. The predicted molar refractivity (Wildman–Crippen MR) is 85.2 cm³/mol. The number of hydrogen-bond donors (Lipinski definition) is 1. The maximum absolute atomic E-state index is 10.4. The maximum atomic E-state index is 10.4. The number of nitrogens with zero attached hydrogens (tertiary/aromatic N) is 2. The molecule has 21 heavy (non-hydrogen) atoms. The number of aliphatic hydroxyl groups is 1. The lowest BCUT2D eigenvalue weighted by Crippen LogP contribution is -2.28. The van der Waals surface area contributed by atoms with Crippen molar-refractivity contribution in [1.82, 2.24) is 9.80 Å². The van der Waals surface area contributed by atoms with E-state index in [9.17, 15) is 5.11 Å². The molecule has 5 nitrogen and oxygen atoms in total. The average Bonchev–Trinajstić information content (AvgIpc) is 2.45. The molecular formula is C16H28N2O3. The zero-order chi connectivity index (χ0) is 15.8. The minimum atomic E-state index is -0.598. The van der Waals surface area contributed by atoms with E-state index < -0.39 is 6.10 Å². The van der Waals surface area contributed by atoms with Crippen LogP contribution in [0.1, 0.15) is 18.1 Å². The molecule has 1 unspecified atom stereocenters. The van der Waals surface area contributed by atoms with Crippen molar-refractivity contribution < 1.29 is 14.6 Å². The number of likely N-dealkylation sites (N-methyl/N-ethyl adjacent to an activating group) is 1. The van der Waals surface area contributed by atoms with Crippen molar-refractivity contribution in [3.8, 4) is 11.5 Å². The zero-order valence-electron chi connectivity index (χ0n) is 13.8. The molecule has 0 radical (unpaired) electrons. The molecule has 120 valence electrons. The smallest absolute Gasteiger partial charge is 0.124 e. The van der Waals surface area contributed by atoms with Gasteiger partial charge in [0, 0.05) is 12.1 Å². The topological polar surface area (TPSA) is 45.2 Å². The van der Waals surface area contributed by atoms with E-state index in [1.807, 2.05) is 25.2 Å². The van der Waals surface area contributed by atoms with Crippen molar-refractivity contribution >= 4 is 0 Å². The average molecular weight is 296 g/mol. The van der Waals surface area contributed by atoms with Crippen molar-refractivity contribution in [2.75, 3.05) is 55.0 Å². The van der Waals surface area contributed by atoms with Crippen LogP contribution in [0.25, 0.3) is 0 Å². The molecule has 1 atom stereocenters. The fourth-order valence-corrected chi connectivity index (χ4v) is 2.24. The summed E-state index contributed by atoms with van der Waals surface area (Å²) < 4.78 is 10.5. The summed E-state index contributed by atoms with van der Waals surface area (Å²) in [6, 6.07) is 5.48. The summed E-state index contributed by atoms with van der Waals surface area (Å²) in [7, 11) is 9.38. The third-order valence-corrected chi connectivity index (χ3v) is 3.43. The van der Waals surface area contributed by atoms with Crippen LogP contribution in [0, 0.1) is 0 Å². The van der Waals surface area contributed by atoms with E-state index in [1.54, 1.807) is 14.2 Å². The summed E-state index contributed by atoms with van der Waals surface area (Å²) in [5.41, 5.74) is 0.760. The Hall–Kier alpha value is -1.30. The summed E-state index contributed by atoms with van der Waals surface area (Å²) in [5, 5.41) is 10.4. The number of aliphatic hydroxyl groups excluding tert-OH is 1. The summed E-state index contributed by atoms with van der Waals surface area (Å²) >= 11 is 0. The Morgan fingerprint density at radius 2 is 1.81 bits per heavy atom. The van der Waals surface area contributed by atoms with Crippen LogP contribution in [0.4, 0.5) is 0 Å². The van der Waals surface area contributed by atoms with Gasteiger partial charge in [-0.15, -0.1) is 0 Å². The molecule has 0 saturated carbocycles. The Kier molecular flexibility index (Phi) is 7.50. The van der Waals surface area contributed by atoms with Crippen molar-refractivity contribution in [3.05, 3.63) is 23.8 Å². The van der Waals surface area contributed by atoms with Gasteiger partial charge in [-0.25, -0.2) is 0 Å². The van der Waals surface area contributed by atoms with Gasteiger partial charge in [0.2, 0.25) is 0 Å². The first-order chi connectivity index (χ1) is 9.97. The molecule has 1 aromatic carbocycles. The molecule has 1 N–H and O–H groups in total. The second-order valence-corrected chi connectivity index (χ2v) is 5.54. The number of methoxy groups -OCH3 is 2. The van der Waals surface area contributed by atoms with Gasteiger partial charge in [0.25, 0.3) is 0 Å². The number of rotatable bonds is 9. The molecule has 0 bridgehead atoms. The fourth-order valence-electron chi connectivity index (χ4n) is 2.24. The first-order valence-corrected chi connectivity index (χ1v) is 7.21. The molecule has 1 aromatic rings. The first kappa shape index (κ1) is 17.8. The van der Waals surface area contributed by atoms with Gasteiger partial charge in [0.15, 0.2) is 0 Å². The Bertz CT molecular complexity index is 424. The van der Waals surface area contributed by atoms with Crippen LogP contribution in [-0.2, 0) is 0 Å². The number of ether oxygens (including phenoxy) is 2. The summed E-state index contributed by atoms with van der Waals surface area (Å²) in [5.74, 6) is 1.41. The van der Waals surface area contributed by atoms with E-state index in [2.05, 4.69) is 23.9 Å². The molecule has 0 saturated heterocycles. The predicted octanol–water partition coefficient (Wildman–Crippen LogP) is 1.62. The highest BCUT2D eigenvalue weighted by atomic mass is 16.5. The third-order valence-electron chi connectivity index (χ3n) is 3.43. The van der Waals surface area contributed by atoms with Crippen LogP contribution in [0.5, 0.6) is 11.5 Å². The second kappa shape index (κ2) is 8.87. The lowest BCUT2D eigenvalue weighted by molar-refractivity contribution is 0.122. The Morgan fingerprint density at radius 3 is 2.38 bits per heavy atom. The number of benzene rings is 1. The van der Waals surface area contributed by atoms with Gasteiger partial charge in [-0.05, 0) is 58.9 Å². The maximum Gasteiger partial charge on any atom is 0.124 e. The van der Waals surface area contributed by atoms with Gasteiger partial charge in [-0.3, -0.25) is 0 Å². The summed E-state index contributed by atoms with van der Waals surface area (Å²) in [6.45, 7) is 2.56. The quantitative estimate of drug-likeness (QED) is 0.750. The second-order valence-electron chi connectivity index (χ2n) is 5.54. The lowest BCUT2D eigenvalue weighted by atomic mass is 10.1. The van der Waals surface area contributed by atoms with E-state index in [-0.39, 0.29) is 0 Å². The van der Waals surface area contributed by atoms with Crippen LogP contribution >= 0.6 is 0 Å². The highest BCUT2D eigenvalue weighted by Gasteiger charge is 2.16. The molecule has 0 spiro atoms. The van der Waals surface area contributed by atoms with Gasteiger partial charge in [0.1, 0.15) is 11.5 Å². The molecule has 0 fully saturated rings. The molecule has 0 aliphatic rings. The molecule has 0 amide bonds. The number of hydrogen-bond acceptors (Lipinski definition) is 5. The van der Waals surface area contributed by atoms with E-state index in [0.717, 1.165) is 30.8 Å². The molecule has 0 aromatic heterocycles. The Balaban J connectivity index is 2.63. The molecule has 1 rings (SSSR count). The monoisotopic (exact) mass is 296 g/mol. The van der Waals surface area contributed by atoms with Gasteiger partial charge in [0.05, 0.1) is 20.3 Å². The van der Waals surface area contributed by atoms with Crippen LogP contribution in [0.2, 0.25) is 0 Å². The van der Waals surface area contributed by atoms with Crippen LogP contribution < -0.4 is 9.47 Å². The van der Waals surface area contributed by atoms with Crippen LogP contribution in [0.3, 0.4) is 0 Å². The Morgan fingerprint density at radius 1 is 1.10 bits per heavy atom. The van der Waals surface area contributed by atoms with Crippen molar-refractivity contribution in [2.45, 2.75) is 12.5 Å². The summed E-state index contributed by atoms with van der Waals surface area (Å²) in [6.07, 6.45) is 0.477. The molecule has 0 heterocycles. The normalized spacial score (nSPS) is 12.8. The SMILES string of the molecule is COc1ccc(OC)c(C(O)CN(C)CCCN(C)C)c1. The van der Waals surface area contributed by atoms with Crippen molar-refractivity contribution in [2.24, 2.45) is 0 Å². The van der Waals surface area contributed by atoms with Gasteiger partial charge < -0.3 is 24.4 Å². The van der Waals surface area contributed by atoms with E-state index in [4.69, 9.17) is 9.47 Å². The van der Waals surface area contributed by atoms with Crippen molar-refractivity contribution in [1.29, 1.82) is 0 Å². The third kappa shape index (κ3) is 5.91. The summed E-state index contributed by atoms with van der Waals surface area (Å²) in [4.78, 5) is 4.29. The highest BCUT2D eigenvalue weighted by molar-refractivity contribution is 5.41. The molecular weight excluding hydrogens is 268 g/mol.